The van der Waals surface area contributed by atoms with Gasteiger partial charge >= 0.3 is 0 Å². The van der Waals surface area contributed by atoms with E-state index in [0.717, 1.165) is 30.6 Å². The first-order valence-electron chi connectivity index (χ1n) is 18.2. The Bertz CT molecular complexity index is 2410. The van der Waals surface area contributed by atoms with Crippen LogP contribution in [-0.2, 0) is 0 Å². The van der Waals surface area contributed by atoms with Gasteiger partial charge in [-0.15, -0.1) is 0 Å². The SMILES string of the molecule is C1=CC2C=Cc3oc4c(C5CC(c6ccccc6)CC(c6ccc7ccccc7c6)C5)cc(-c5ccc6ccccc6c5)cc4c3C2CC1. The van der Waals surface area contributed by atoms with Crippen LogP contribution in [0.25, 0.3) is 49.7 Å². The predicted molar refractivity (Wildman–Crippen MR) is 205 cm³/mol. The maximum Gasteiger partial charge on any atom is 0.138 e. The van der Waals surface area contributed by atoms with Gasteiger partial charge in [0.25, 0.3) is 0 Å². The van der Waals surface area contributed by atoms with Crippen molar-refractivity contribution in [1.82, 2.24) is 0 Å². The molecular formula is C48H40O. The van der Waals surface area contributed by atoms with E-state index in [2.05, 4.69) is 152 Å². The molecule has 3 aliphatic rings. The fourth-order valence-corrected chi connectivity index (χ4v) is 9.50. The minimum absolute atomic E-state index is 0.372. The summed E-state index contributed by atoms with van der Waals surface area (Å²) < 4.78 is 7.01. The maximum absolute atomic E-state index is 7.01. The van der Waals surface area contributed by atoms with Crippen molar-refractivity contribution in [2.24, 2.45) is 5.92 Å². The third kappa shape index (κ3) is 5.06. The van der Waals surface area contributed by atoms with Crippen LogP contribution in [0.15, 0.2) is 150 Å². The molecule has 3 aliphatic carbocycles. The largest absolute Gasteiger partial charge is 0.456 e. The van der Waals surface area contributed by atoms with Gasteiger partial charge in [0.15, 0.2) is 0 Å². The lowest BCUT2D eigenvalue weighted by molar-refractivity contribution is 0.351. The second-order valence-electron chi connectivity index (χ2n) is 14.7. The lowest BCUT2D eigenvalue weighted by Gasteiger charge is -2.36. The Morgan fingerprint density at radius 3 is 2.04 bits per heavy atom. The van der Waals surface area contributed by atoms with Crippen LogP contribution < -0.4 is 0 Å². The summed E-state index contributed by atoms with van der Waals surface area (Å²) in [6, 6.07) is 47.9. The minimum Gasteiger partial charge on any atom is -0.456 e. The Kier molecular flexibility index (Phi) is 6.93. The number of furan rings is 1. The molecule has 1 heteroatoms. The van der Waals surface area contributed by atoms with E-state index in [1.54, 1.807) is 0 Å². The molecule has 5 atom stereocenters. The van der Waals surface area contributed by atoms with E-state index in [1.165, 1.54) is 73.2 Å². The Labute approximate surface area is 288 Å². The van der Waals surface area contributed by atoms with E-state index < -0.39 is 0 Å². The number of rotatable bonds is 4. The molecule has 1 heterocycles. The van der Waals surface area contributed by atoms with E-state index >= 15 is 0 Å². The zero-order valence-electron chi connectivity index (χ0n) is 27.8. The van der Waals surface area contributed by atoms with Gasteiger partial charge in [-0.05, 0) is 129 Å². The smallest absolute Gasteiger partial charge is 0.138 e. The maximum atomic E-state index is 7.01. The molecule has 0 amide bonds. The monoisotopic (exact) mass is 632 g/mol. The van der Waals surface area contributed by atoms with Crippen LogP contribution in [0.1, 0.15) is 83.8 Å². The Balaban J connectivity index is 1.16. The van der Waals surface area contributed by atoms with Crippen molar-refractivity contribution in [3.63, 3.8) is 0 Å². The van der Waals surface area contributed by atoms with Gasteiger partial charge in [0.2, 0.25) is 0 Å². The van der Waals surface area contributed by atoms with Crippen molar-refractivity contribution in [2.45, 2.75) is 55.8 Å². The molecule has 1 fully saturated rings. The number of benzene rings is 6. The first kappa shape index (κ1) is 28.8. The fourth-order valence-electron chi connectivity index (χ4n) is 9.50. The fraction of sp³-hybridized carbons (Fsp3) is 0.208. The van der Waals surface area contributed by atoms with Crippen LogP contribution >= 0.6 is 0 Å². The van der Waals surface area contributed by atoms with E-state index in [0.29, 0.717) is 29.6 Å². The summed E-state index contributed by atoms with van der Waals surface area (Å²) in [6.07, 6.45) is 15.1. The second-order valence-corrected chi connectivity index (χ2v) is 14.7. The Morgan fingerprint density at radius 2 is 1.22 bits per heavy atom. The summed E-state index contributed by atoms with van der Waals surface area (Å²) in [6.45, 7) is 0. The van der Waals surface area contributed by atoms with Gasteiger partial charge in [-0.1, -0.05) is 127 Å². The molecule has 0 aliphatic heterocycles. The lowest BCUT2D eigenvalue weighted by atomic mass is 9.68. The molecule has 1 nitrogen and oxygen atoms in total. The molecule has 5 unspecified atom stereocenters. The van der Waals surface area contributed by atoms with Gasteiger partial charge in [0, 0.05) is 16.9 Å². The lowest BCUT2D eigenvalue weighted by Crippen LogP contribution is -2.20. The standard InChI is InChI=1S/C48H40O/c1-2-10-31(11-3-1)39-26-40(37-20-18-32-12-4-6-15-35(32)24-37)28-42(27-39)44-29-41(38-21-19-33-13-5-7-16-36(33)25-38)30-45-47-43-17-9-8-14-34(43)22-23-46(47)49-48(44)45/h1-8,10-16,18-25,29-30,34,39-40,42-43H,9,17,26-28H2. The van der Waals surface area contributed by atoms with Crippen LogP contribution in [0.2, 0.25) is 0 Å². The molecule has 49 heavy (non-hydrogen) atoms. The van der Waals surface area contributed by atoms with Gasteiger partial charge in [0.1, 0.15) is 11.3 Å². The van der Waals surface area contributed by atoms with Crippen LogP contribution in [0.4, 0.5) is 0 Å². The van der Waals surface area contributed by atoms with Crippen LogP contribution in [0.3, 0.4) is 0 Å². The van der Waals surface area contributed by atoms with E-state index in [9.17, 15) is 0 Å². The molecule has 0 bridgehead atoms. The molecule has 10 rings (SSSR count). The summed E-state index contributed by atoms with van der Waals surface area (Å²) >= 11 is 0. The van der Waals surface area contributed by atoms with Crippen molar-refractivity contribution in [3.05, 3.63) is 174 Å². The second kappa shape index (κ2) is 11.8. The summed E-state index contributed by atoms with van der Waals surface area (Å²) in [5.74, 6) is 3.31. The van der Waals surface area contributed by atoms with Gasteiger partial charge in [-0.2, -0.15) is 0 Å². The van der Waals surface area contributed by atoms with Crippen LogP contribution in [0.5, 0.6) is 0 Å². The average molecular weight is 633 g/mol. The minimum atomic E-state index is 0.372. The van der Waals surface area contributed by atoms with E-state index in [4.69, 9.17) is 4.42 Å². The van der Waals surface area contributed by atoms with Crippen molar-refractivity contribution in [2.75, 3.05) is 0 Å². The van der Waals surface area contributed by atoms with Gasteiger partial charge in [0.05, 0.1) is 0 Å². The van der Waals surface area contributed by atoms with Gasteiger partial charge in [-0.25, -0.2) is 0 Å². The first-order chi connectivity index (χ1) is 24.2. The summed E-state index contributed by atoms with van der Waals surface area (Å²) in [7, 11) is 0. The normalized spacial score (nSPS) is 23.1. The van der Waals surface area contributed by atoms with E-state index in [-0.39, 0.29) is 0 Å². The molecule has 238 valence electrons. The van der Waals surface area contributed by atoms with Gasteiger partial charge in [-0.3, -0.25) is 0 Å². The molecular weight excluding hydrogens is 593 g/mol. The predicted octanol–water partition coefficient (Wildman–Crippen LogP) is 13.3. The van der Waals surface area contributed by atoms with Crippen molar-refractivity contribution in [3.8, 4) is 11.1 Å². The summed E-state index contributed by atoms with van der Waals surface area (Å²) in [5, 5.41) is 6.55. The first-order valence-corrected chi connectivity index (χ1v) is 18.2. The zero-order valence-corrected chi connectivity index (χ0v) is 27.8. The zero-order chi connectivity index (χ0) is 32.3. The highest BCUT2D eigenvalue weighted by molar-refractivity contribution is 5.95. The van der Waals surface area contributed by atoms with Gasteiger partial charge < -0.3 is 4.42 Å². The molecule has 1 aromatic heterocycles. The summed E-state index contributed by atoms with van der Waals surface area (Å²) in [5.41, 5.74) is 9.44. The molecule has 0 N–H and O–H groups in total. The van der Waals surface area contributed by atoms with Crippen molar-refractivity contribution < 1.29 is 4.42 Å². The highest BCUT2D eigenvalue weighted by Gasteiger charge is 2.36. The molecule has 1 saturated carbocycles. The topological polar surface area (TPSA) is 13.1 Å². The Morgan fingerprint density at radius 1 is 0.531 bits per heavy atom. The molecule has 6 aromatic carbocycles. The number of allylic oxidation sites excluding steroid dienone is 3. The third-order valence-corrected chi connectivity index (χ3v) is 11.9. The molecule has 0 saturated heterocycles. The summed E-state index contributed by atoms with van der Waals surface area (Å²) in [4.78, 5) is 0. The number of hydrogen-bond donors (Lipinski definition) is 0. The number of fused-ring (bicyclic) bond motifs is 7. The molecule has 0 radical (unpaired) electrons. The third-order valence-electron chi connectivity index (χ3n) is 11.9. The molecule has 0 spiro atoms. The highest BCUT2D eigenvalue weighted by atomic mass is 16.3. The highest BCUT2D eigenvalue weighted by Crippen LogP contribution is 2.53. The average Bonchev–Trinajstić information content (AvgIpc) is 3.56. The Hall–Kier alpha value is -5.14. The van der Waals surface area contributed by atoms with E-state index in [1.807, 2.05) is 0 Å². The number of hydrogen-bond acceptors (Lipinski definition) is 1. The van der Waals surface area contributed by atoms with Crippen molar-refractivity contribution in [1.29, 1.82) is 0 Å². The van der Waals surface area contributed by atoms with Crippen LogP contribution in [0, 0.1) is 5.92 Å². The molecule has 7 aromatic rings. The van der Waals surface area contributed by atoms with Crippen molar-refractivity contribution >= 4 is 38.6 Å². The van der Waals surface area contributed by atoms with Crippen LogP contribution in [-0.4, -0.2) is 0 Å². The quantitative estimate of drug-likeness (QED) is 0.176.